The topological polar surface area (TPSA) is 136 Å². The lowest BCUT2D eigenvalue weighted by Crippen LogP contribution is -2.28. The zero-order valence-corrected chi connectivity index (χ0v) is 26.9. The molecule has 0 spiro atoms. The van der Waals surface area contributed by atoms with Crippen LogP contribution < -0.4 is 5.32 Å². The Morgan fingerprint density at radius 3 is 2.51 bits per heavy atom. The molecule has 1 atom stereocenters. The molecule has 0 unspecified atom stereocenters. The van der Waals surface area contributed by atoms with Crippen LogP contribution in [0.2, 0.25) is 0 Å². The maximum absolute atomic E-state index is 13.8. The van der Waals surface area contributed by atoms with Gasteiger partial charge in [-0.25, -0.2) is 9.40 Å². The van der Waals surface area contributed by atoms with E-state index in [4.69, 9.17) is 5.10 Å². The van der Waals surface area contributed by atoms with E-state index in [9.17, 15) is 24.1 Å². The summed E-state index contributed by atoms with van der Waals surface area (Å²) in [5, 5.41) is 31.3. The molecular formula is C33H28FN7O4S2. The average molecular weight is 670 g/mol. The first kappa shape index (κ1) is 31.8. The lowest BCUT2D eigenvalue weighted by Gasteiger charge is -2.22. The molecule has 238 valence electrons. The minimum atomic E-state index is -0.540. The standard InChI is InChI=1S/C33H28FN7O4S2/c1-20-8-10-22(11-9-20)28-17-26(29-7-4-16-46-29)38-40(28)31(42)19-47-33-37-36-30(39(33)24-14-12-23(34)13-15-24)18-35-32(43)25-5-3-6-27(21(25)2)41(44)45/h3-16,28H,17-19H2,1-2H3,(H,35,43)/t28-/m0/s1. The van der Waals surface area contributed by atoms with Gasteiger partial charge in [0.1, 0.15) is 5.82 Å². The van der Waals surface area contributed by atoms with Gasteiger partial charge in [-0.2, -0.15) is 5.10 Å². The Balaban J connectivity index is 1.24. The van der Waals surface area contributed by atoms with Crippen molar-refractivity contribution in [3.8, 4) is 5.69 Å². The Labute approximate surface area is 277 Å². The number of carbonyl (C=O) groups excluding carboxylic acids is 2. The Kier molecular flexibility index (Phi) is 9.22. The second-order valence-electron chi connectivity index (χ2n) is 10.8. The van der Waals surface area contributed by atoms with E-state index in [1.54, 1.807) is 28.0 Å². The first-order valence-corrected chi connectivity index (χ1v) is 16.4. The smallest absolute Gasteiger partial charge is 0.273 e. The molecule has 6 rings (SSSR count). The molecule has 5 aromatic rings. The lowest BCUT2D eigenvalue weighted by molar-refractivity contribution is -0.385. The number of benzene rings is 3. The number of nitro benzene ring substituents is 1. The Hall–Kier alpha value is -5.21. The van der Waals surface area contributed by atoms with Gasteiger partial charge in [0.15, 0.2) is 11.0 Å². The number of aromatic nitrogens is 3. The monoisotopic (exact) mass is 669 g/mol. The highest BCUT2D eigenvalue weighted by atomic mass is 32.2. The normalized spacial score (nSPS) is 14.2. The molecule has 1 N–H and O–H groups in total. The molecule has 0 aliphatic carbocycles. The van der Waals surface area contributed by atoms with E-state index in [2.05, 4.69) is 15.5 Å². The van der Waals surface area contributed by atoms with Gasteiger partial charge in [-0.05, 0) is 61.2 Å². The van der Waals surface area contributed by atoms with Crippen molar-refractivity contribution in [3.05, 3.63) is 133 Å². The van der Waals surface area contributed by atoms with E-state index in [0.717, 1.165) is 33.5 Å². The SMILES string of the molecule is Cc1ccc([C@@H]2CC(c3cccs3)=NN2C(=O)CSc2nnc(CNC(=O)c3cccc([N+](=O)[O-])c3C)n2-c2ccc(F)cc2)cc1. The minimum Gasteiger partial charge on any atom is -0.345 e. The zero-order chi connectivity index (χ0) is 33.1. The average Bonchev–Trinajstić information content (AvgIpc) is 3.84. The summed E-state index contributed by atoms with van der Waals surface area (Å²) < 4.78 is 15.5. The fourth-order valence-electron chi connectivity index (χ4n) is 5.25. The van der Waals surface area contributed by atoms with Crippen LogP contribution in [0.1, 0.15) is 50.2 Å². The number of halogens is 1. The van der Waals surface area contributed by atoms with Gasteiger partial charge in [0.2, 0.25) is 0 Å². The molecule has 14 heteroatoms. The predicted octanol–water partition coefficient (Wildman–Crippen LogP) is 6.39. The van der Waals surface area contributed by atoms with Gasteiger partial charge < -0.3 is 5.32 Å². The summed E-state index contributed by atoms with van der Waals surface area (Å²) in [5.41, 5.74) is 3.70. The van der Waals surface area contributed by atoms with Crippen molar-refractivity contribution in [1.29, 1.82) is 0 Å². The third kappa shape index (κ3) is 6.83. The molecule has 47 heavy (non-hydrogen) atoms. The van der Waals surface area contributed by atoms with Gasteiger partial charge in [0, 0.05) is 29.3 Å². The van der Waals surface area contributed by atoms with E-state index in [0.29, 0.717) is 23.1 Å². The van der Waals surface area contributed by atoms with Crippen LogP contribution in [0, 0.1) is 29.8 Å². The van der Waals surface area contributed by atoms with Crippen LogP contribution in [-0.4, -0.2) is 48.0 Å². The van der Waals surface area contributed by atoms with Gasteiger partial charge in [0.05, 0.1) is 33.9 Å². The Morgan fingerprint density at radius 1 is 1.04 bits per heavy atom. The molecule has 2 aromatic heterocycles. The van der Waals surface area contributed by atoms with Gasteiger partial charge >= 0.3 is 0 Å². The second kappa shape index (κ2) is 13.6. The lowest BCUT2D eigenvalue weighted by atomic mass is 10.00. The molecule has 0 saturated carbocycles. The first-order valence-electron chi connectivity index (χ1n) is 14.5. The highest BCUT2D eigenvalue weighted by molar-refractivity contribution is 7.99. The highest BCUT2D eigenvalue weighted by Crippen LogP contribution is 2.35. The number of nitrogens with one attached hydrogen (secondary N) is 1. The number of carbonyl (C=O) groups is 2. The number of rotatable bonds is 10. The van der Waals surface area contributed by atoms with Crippen molar-refractivity contribution >= 4 is 46.3 Å². The number of aryl methyl sites for hydroxylation is 1. The molecule has 2 amide bonds. The van der Waals surface area contributed by atoms with Crippen molar-refractivity contribution in [2.75, 3.05) is 5.75 Å². The molecule has 3 heterocycles. The number of hydrogen-bond donors (Lipinski definition) is 1. The van der Waals surface area contributed by atoms with Crippen LogP contribution in [0.4, 0.5) is 10.1 Å². The second-order valence-corrected chi connectivity index (χ2v) is 12.7. The molecule has 0 bridgehead atoms. The maximum Gasteiger partial charge on any atom is 0.273 e. The summed E-state index contributed by atoms with van der Waals surface area (Å²) in [6.07, 6.45) is 0.583. The number of amides is 2. The largest absolute Gasteiger partial charge is 0.345 e. The van der Waals surface area contributed by atoms with Crippen LogP contribution in [-0.2, 0) is 11.3 Å². The van der Waals surface area contributed by atoms with Gasteiger partial charge in [-0.15, -0.1) is 21.5 Å². The van der Waals surface area contributed by atoms with Gasteiger partial charge in [0.25, 0.3) is 17.5 Å². The van der Waals surface area contributed by atoms with Crippen molar-refractivity contribution < 1.29 is 18.9 Å². The molecule has 3 aromatic carbocycles. The third-order valence-electron chi connectivity index (χ3n) is 7.70. The van der Waals surface area contributed by atoms with E-state index < -0.39 is 16.6 Å². The van der Waals surface area contributed by atoms with Gasteiger partial charge in [-0.3, -0.25) is 24.3 Å². The minimum absolute atomic E-state index is 0.0118. The van der Waals surface area contributed by atoms with Crippen LogP contribution in [0.3, 0.4) is 0 Å². The molecular weight excluding hydrogens is 642 g/mol. The highest BCUT2D eigenvalue weighted by Gasteiger charge is 2.33. The Morgan fingerprint density at radius 2 is 1.81 bits per heavy atom. The summed E-state index contributed by atoms with van der Waals surface area (Å²) in [4.78, 5) is 38.6. The molecule has 1 aliphatic rings. The molecule has 11 nitrogen and oxygen atoms in total. The molecule has 1 aliphatic heterocycles. The molecule has 0 saturated heterocycles. The summed E-state index contributed by atoms with van der Waals surface area (Å²) in [7, 11) is 0. The summed E-state index contributed by atoms with van der Waals surface area (Å²) >= 11 is 2.72. The predicted molar refractivity (Wildman–Crippen MR) is 177 cm³/mol. The number of hydrazone groups is 1. The van der Waals surface area contributed by atoms with Crippen molar-refractivity contribution in [2.45, 2.75) is 38.0 Å². The number of nitro groups is 1. The molecule has 0 radical (unpaired) electrons. The van der Waals surface area contributed by atoms with E-state index in [1.807, 2.05) is 48.7 Å². The van der Waals surface area contributed by atoms with Crippen molar-refractivity contribution in [3.63, 3.8) is 0 Å². The quantitative estimate of drug-likeness (QED) is 0.103. The zero-order valence-electron chi connectivity index (χ0n) is 25.3. The summed E-state index contributed by atoms with van der Waals surface area (Å²) in [5.74, 6) is -0.878. The van der Waals surface area contributed by atoms with Crippen LogP contribution in [0.25, 0.3) is 5.69 Å². The van der Waals surface area contributed by atoms with E-state index in [-0.39, 0.29) is 41.1 Å². The maximum atomic E-state index is 13.8. The fraction of sp³-hybridized carbons (Fsp3) is 0.182. The van der Waals surface area contributed by atoms with Crippen LogP contribution in [0.15, 0.2) is 94.5 Å². The van der Waals surface area contributed by atoms with Crippen LogP contribution >= 0.6 is 23.1 Å². The number of thiophene rings is 1. The number of thioether (sulfide) groups is 1. The summed E-state index contributed by atoms with van der Waals surface area (Å²) in [6.45, 7) is 3.43. The van der Waals surface area contributed by atoms with Crippen LogP contribution in [0.5, 0.6) is 0 Å². The van der Waals surface area contributed by atoms with Gasteiger partial charge in [-0.1, -0.05) is 53.7 Å². The van der Waals surface area contributed by atoms with Crippen molar-refractivity contribution in [2.24, 2.45) is 5.10 Å². The summed E-state index contributed by atoms with van der Waals surface area (Å²) in [6, 6.07) is 21.7. The van der Waals surface area contributed by atoms with E-state index in [1.165, 1.54) is 42.3 Å². The fourth-order valence-corrected chi connectivity index (χ4v) is 6.80. The Bertz CT molecular complexity index is 1980. The number of nitrogens with zero attached hydrogens (tertiary/aromatic N) is 6. The number of hydrogen-bond acceptors (Lipinski definition) is 9. The third-order valence-corrected chi connectivity index (χ3v) is 9.53. The first-order chi connectivity index (χ1) is 22.7. The molecule has 0 fully saturated rings. The van der Waals surface area contributed by atoms with E-state index >= 15 is 0 Å². The van der Waals surface area contributed by atoms with Crippen molar-refractivity contribution in [1.82, 2.24) is 25.1 Å².